The molecule has 2 aliphatic rings. The molecule has 2 fully saturated rings. The van der Waals surface area contributed by atoms with Crippen LogP contribution in [0.2, 0.25) is 0 Å². The third-order valence-corrected chi connectivity index (χ3v) is 5.77. The van der Waals surface area contributed by atoms with E-state index in [0.717, 1.165) is 50.2 Å². The second-order valence-electron chi connectivity index (χ2n) is 8.03. The highest BCUT2D eigenvalue weighted by Crippen LogP contribution is 2.30. The first-order valence-corrected chi connectivity index (χ1v) is 10.8. The van der Waals surface area contributed by atoms with Crippen LogP contribution in [-0.2, 0) is 6.54 Å². The molecule has 1 aliphatic heterocycles. The van der Waals surface area contributed by atoms with Crippen molar-refractivity contribution in [2.75, 3.05) is 31.6 Å². The standard InChI is InChI=1S/C24H32N4O/c1-25-24(26-17-20-7-5-6-10-23(20)29-18-19-11-12-19)27-21-13-15-28(16-14-21)22-8-3-2-4-9-22/h2-10,19,21H,11-18H2,1H3,(H2,25,26,27). The summed E-state index contributed by atoms with van der Waals surface area (Å²) in [5, 5.41) is 7.06. The first-order chi connectivity index (χ1) is 14.3. The Morgan fingerprint density at radius 2 is 1.72 bits per heavy atom. The van der Waals surface area contributed by atoms with Crippen molar-refractivity contribution in [3.8, 4) is 5.75 Å². The summed E-state index contributed by atoms with van der Waals surface area (Å²) in [4.78, 5) is 6.89. The van der Waals surface area contributed by atoms with Crippen LogP contribution in [0.1, 0.15) is 31.2 Å². The van der Waals surface area contributed by atoms with E-state index >= 15 is 0 Å². The van der Waals surface area contributed by atoms with Gasteiger partial charge >= 0.3 is 0 Å². The molecule has 0 aromatic heterocycles. The predicted octanol–water partition coefficient (Wildman–Crippen LogP) is 3.81. The minimum Gasteiger partial charge on any atom is -0.493 e. The predicted molar refractivity (Wildman–Crippen MR) is 120 cm³/mol. The minimum absolute atomic E-state index is 0.447. The third kappa shape index (κ3) is 5.66. The fourth-order valence-electron chi connectivity index (χ4n) is 3.77. The Kier molecular flexibility index (Phi) is 6.55. The van der Waals surface area contributed by atoms with E-state index in [1.807, 2.05) is 13.1 Å². The number of nitrogens with one attached hydrogen (secondary N) is 2. The summed E-state index contributed by atoms with van der Waals surface area (Å²) < 4.78 is 6.03. The molecule has 1 saturated carbocycles. The highest BCUT2D eigenvalue weighted by Gasteiger charge is 2.22. The molecule has 154 valence electrons. The summed E-state index contributed by atoms with van der Waals surface area (Å²) in [6, 6.07) is 19.4. The molecular formula is C24H32N4O. The largest absolute Gasteiger partial charge is 0.493 e. The number of ether oxygens (including phenoxy) is 1. The molecule has 1 heterocycles. The van der Waals surface area contributed by atoms with Crippen molar-refractivity contribution in [3.63, 3.8) is 0 Å². The number of piperidine rings is 1. The van der Waals surface area contributed by atoms with Gasteiger partial charge in [0.1, 0.15) is 5.75 Å². The summed E-state index contributed by atoms with van der Waals surface area (Å²) in [5.41, 5.74) is 2.49. The molecule has 0 unspecified atom stereocenters. The van der Waals surface area contributed by atoms with Crippen LogP contribution in [0, 0.1) is 5.92 Å². The number of rotatable bonds is 7. The van der Waals surface area contributed by atoms with Crippen molar-refractivity contribution in [3.05, 3.63) is 60.2 Å². The van der Waals surface area contributed by atoms with Crippen LogP contribution in [0.5, 0.6) is 5.75 Å². The van der Waals surface area contributed by atoms with Gasteiger partial charge in [-0.15, -0.1) is 0 Å². The average molecular weight is 393 g/mol. The van der Waals surface area contributed by atoms with Crippen molar-refractivity contribution < 1.29 is 4.74 Å². The number of hydrogen-bond acceptors (Lipinski definition) is 3. The number of para-hydroxylation sites is 2. The Bertz CT molecular complexity index is 796. The Morgan fingerprint density at radius 1 is 1.00 bits per heavy atom. The molecule has 0 spiro atoms. The van der Waals surface area contributed by atoms with E-state index in [4.69, 9.17) is 4.74 Å². The van der Waals surface area contributed by atoms with Crippen LogP contribution >= 0.6 is 0 Å². The molecule has 0 atom stereocenters. The van der Waals surface area contributed by atoms with E-state index in [1.165, 1.54) is 24.1 Å². The molecule has 4 rings (SSSR count). The molecule has 5 nitrogen and oxygen atoms in total. The summed E-state index contributed by atoms with van der Waals surface area (Å²) >= 11 is 0. The van der Waals surface area contributed by atoms with Gasteiger partial charge in [0.15, 0.2) is 5.96 Å². The van der Waals surface area contributed by atoms with Crippen molar-refractivity contribution in [1.29, 1.82) is 0 Å². The molecule has 0 bridgehead atoms. The zero-order valence-corrected chi connectivity index (χ0v) is 17.3. The van der Waals surface area contributed by atoms with E-state index in [1.54, 1.807) is 0 Å². The van der Waals surface area contributed by atoms with Gasteiger partial charge in [-0.1, -0.05) is 36.4 Å². The van der Waals surface area contributed by atoms with Crippen LogP contribution in [0.3, 0.4) is 0 Å². The molecule has 5 heteroatoms. The fourth-order valence-corrected chi connectivity index (χ4v) is 3.77. The maximum atomic E-state index is 6.03. The Hall–Kier alpha value is -2.69. The molecule has 1 aliphatic carbocycles. The molecule has 0 radical (unpaired) electrons. The van der Waals surface area contributed by atoms with Gasteiger partial charge in [-0.05, 0) is 49.8 Å². The van der Waals surface area contributed by atoms with Gasteiger partial charge in [0.05, 0.1) is 6.61 Å². The number of anilines is 1. The van der Waals surface area contributed by atoms with E-state index in [0.29, 0.717) is 12.6 Å². The quantitative estimate of drug-likeness (QED) is 0.556. The van der Waals surface area contributed by atoms with Gasteiger partial charge in [-0.3, -0.25) is 4.99 Å². The molecule has 0 amide bonds. The number of aliphatic imine (C=N–C) groups is 1. The number of hydrogen-bond donors (Lipinski definition) is 2. The zero-order chi connectivity index (χ0) is 19.9. The van der Waals surface area contributed by atoms with Gasteiger partial charge in [0, 0.05) is 44.0 Å². The number of benzene rings is 2. The molecule has 2 aromatic rings. The second-order valence-corrected chi connectivity index (χ2v) is 8.03. The summed E-state index contributed by atoms with van der Waals surface area (Å²) in [7, 11) is 1.84. The third-order valence-electron chi connectivity index (χ3n) is 5.77. The topological polar surface area (TPSA) is 48.9 Å². The van der Waals surface area contributed by atoms with Gasteiger partial charge in [-0.25, -0.2) is 0 Å². The second kappa shape index (κ2) is 9.68. The molecule has 2 aromatic carbocycles. The van der Waals surface area contributed by atoms with E-state index in [-0.39, 0.29) is 0 Å². The van der Waals surface area contributed by atoms with Crippen molar-refractivity contribution >= 4 is 11.6 Å². The monoisotopic (exact) mass is 392 g/mol. The maximum Gasteiger partial charge on any atom is 0.191 e. The fraction of sp³-hybridized carbons (Fsp3) is 0.458. The Morgan fingerprint density at radius 3 is 2.45 bits per heavy atom. The highest BCUT2D eigenvalue weighted by atomic mass is 16.5. The minimum atomic E-state index is 0.447. The summed E-state index contributed by atoms with van der Waals surface area (Å²) in [5.74, 6) is 2.60. The van der Waals surface area contributed by atoms with Crippen molar-refractivity contribution in [2.45, 2.75) is 38.3 Å². The summed E-state index contributed by atoms with van der Waals surface area (Å²) in [6.45, 7) is 3.68. The van der Waals surface area contributed by atoms with E-state index in [2.05, 4.69) is 69.1 Å². The lowest BCUT2D eigenvalue weighted by Gasteiger charge is -2.34. The molecule has 29 heavy (non-hydrogen) atoms. The van der Waals surface area contributed by atoms with Gasteiger partial charge in [0.2, 0.25) is 0 Å². The van der Waals surface area contributed by atoms with Crippen LogP contribution in [0.15, 0.2) is 59.6 Å². The van der Waals surface area contributed by atoms with Crippen LogP contribution in [0.4, 0.5) is 5.69 Å². The molecule has 1 saturated heterocycles. The SMILES string of the molecule is CN=C(NCc1ccccc1OCC1CC1)NC1CCN(c2ccccc2)CC1. The van der Waals surface area contributed by atoms with Crippen molar-refractivity contribution in [1.82, 2.24) is 10.6 Å². The molecule has 2 N–H and O–H groups in total. The van der Waals surface area contributed by atoms with Gasteiger partial charge in [0.25, 0.3) is 0 Å². The van der Waals surface area contributed by atoms with Crippen molar-refractivity contribution in [2.24, 2.45) is 10.9 Å². The van der Waals surface area contributed by atoms with Crippen LogP contribution in [-0.4, -0.2) is 38.7 Å². The van der Waals surface area contributed by atoms with Gasteiger partial charge in [-0.2, -0.15) is 0 Å². The summed E-state index contributed by atoms with van der Waals surface area (Å²) in [6.07, 6.45) is 4.83. The lowest BCUT2D eigenvalue weighted by Crippen LogP contribution is -2.48. The van der Waals surface area contributed by atoms with Crippen LogP contribution in [0.25, 0.3) is 0 Å². The van der Waals surface area contributed by atoms with Crippen LogP contribution < -0.4 is 20.3 Å². The number of nitrogens with zero attached hydrogens (tertiary/aromatic N) is 2. The zero-order valence-electron chi connectivity index (χ0n) is 17.3. The number of guanidine groups is 1. The smallest absolute Gasteiger partial charge is 0.191 e. The lowest BCUT2D eigenvalue weighted by molar-refractivity contribution is 0.296. The Balaban J connectivity index is 1.25. The maximum absolute atomic E-state index is 6.03. The average Bonchev–Trinajstić information content (AvgIpc) is 3.61. The van der Waals surface area contributed by atoms with E-state index < -0.39 is 0 Å². The van der Waals surface area contributed by atoms with E-state index in [9.17, 15) is 0 Å². The first kappa shape index (κ1) is 19.6. The molecular weight excluding hydrogens is 360 g/mol. The Labute approximate surface area is 174 Å². The lowest BCUT2D eigenvalue weighted by atomic mass is 10.0. The van der Waals surface area contributed by atoms with Gasteiger partial charge < -0.3 is 20.3 Å². The highest BCUT2D eigenvalue weighted by molar-refractivity contribution is 5.80. The normalized spacial score (nSPS) is 17.8. The first-order valence-electron chi connectivity index (χ1n) is 10.8.